The van der Waals surface area contributed by atoms with Crippen molar-refractivity contribution in [2.24, 2.45) is 5.92 Å². The van der Waals surface area contributed by atoms with Crippen LogP contribution in [0.15, 0.2) is 97.1 Å². The Labute approximate surface area is 234 Å². The SMILES string of the molecule is CC(=O)OC(C)C12c3ccccc3C(c3ccccc31)C1(C(C)CC(=O)[O-])c3ccccc3C2c2ccccc21. The summed E-state index contributed by atoms with van der Waals surface area (Å²) in [7, 11) is 0. The summed E-state index contributed by atoms with van der Waals surface area (Å²) in [6, 6.07) is 34.2. The molecule has 0 fully saturated rings. The maximum Gasteiger partial charge on any atom is 0.302 e. The fourth-order valence-corrected chi connectivity index (χ4v) is 8.97. The standard InChI is InChI=1S/C36H32O4/c1-21(20-32(38)39)35-28-16-8-4-12-24(28)34(25-13-5-9-17-29(25)35)36(22(2)40-23(3)37)30-18-10-6-14-26(30)33(35)27-15-7-11-19-31(27)36/h4-19,21-22,33-34H,20H2,1-3H3,(H,38,39)/p-1. The molecule has 0 saturated heterocycles. The number of ether oxygens (including phenoxy) is 1. The Morgan fingerprint density at radius 3 is 1.40 bits per heavy atom. The summed E-state index contributed by atoms with van der Waals surface area (Å²) in [4.78, 5) is 24.9. The maximum absolute atomic E-state index is 12.6. The molecule has 0 aromatic heterocycles. The molecule has 0 amide bonds. The molecule has 6 aliphatic rings. The second-order valence-corrected chi connectivity index (χ2v) is 11.7. The number of carbonyl (C=O) groups excluding carboxylic acids is 2. The molecule has 0 radical (unpaired) electrons. The highest BCUT2D eigenvalue weighted by Crippen LogP contribution is 2.71. The average molecular weight is 528 g/mol. The highest BCUT2D eigenvalue weighted by Gasteiger charge is 2.65. The highest BCUT2D eigenvalue weighted by molar-refractivity contribution is 5.75. The molecule has 4 aromatic rings. The predicted octanol–water partition coefficient (Wildman–Crippen LogP) is 5.59. The Hall–Kier alpha value is -4.18. The molecule has 4 bridgehead atoms. The minimum atomic E-state index is -1.05. The molecule has 0 aliphatic heterocycles. The first kappa shape index (κ1) is 24.8. The molecule has 0 spiro atoms. The smallest absolute Gasteiger partial charge is 0.302 e. The molecule has 0 N–H and O–H groups in total. The van der Waals surface area contributed by atoms with Gasteiger partial charge in [0.1, 0.15) is 6.10 Å². The highest BCUT2D eigenvalue weighted by atomic mass is 16.5. The van der Waals surface area contributed by atoms with Crippen molar-refractivity contribution < 1.29 is 19.4 Å². The van der Waals surface area contributed by atoms with Crippen LogP contribution in [0.3, 0.4) is 0 Å². The summed E-state index contributed by atoms with van der Waals surface area (Å²) in [5, 5.41) is 12.3. The van der Waals surface area contributed by atoms with Crippen molar-refractivity contribution in [3.05, 3.63) is 142 Å². The van der Waals surface area contributed by atoms with E-state index in [1.54, 1.807) is 0 Å². The van der Waals surface area contributed by atoms with Crippen molar-refractivity contribution in [2.75, 3.05) is 0 Å². The summed E-state index contributed by atoms with van der Waals surface area (Å²) in [6.07, 6.45) is -0.547. The van der Waals surface area contributed by atoms with Gasteiger partial charge in [-0.3, -0.25) is 4.79 Å². The Balaban J connectivity index is 1.75. The summed E-state index contributed by atoms with van der Waals surface area (Å²) >= 11 is 0. The van der Waals surface area contributed by atoms with Crippen molar-refractivity contribution in [3.63, 3.8) is 0 Å². The van der Waals surface area contributed by atoms with Gasteiger partial charge in [0, 0.05) is 30.1 Å². The average Bonchev–Trinajstić information content (AvgIpc) is 2.93. The van der Waals surface area contributed by atoms with Gasteiger partial charge in [-0.25, -0.2) is 0 Å². The fourth-order valence-electron chi connectivity index (χ4n) is 8.97. The van der Waals surface area contributed by atoms with Gasteiger partial charge in [-0.2, -0.15) is 0 Å². The van der Waals surface area contributed by atoms with E-state index in [2.05, 4.69) is 104 Å². The van der Waals surface area contributed by atoms with E-state index in [0.717, 1.165) is 22.3 Å². The molecule has 40 heavy (non-hydrogen) atoms. The Morgan fingerprint density at radius 2 is 1.02 bits per heavy atom. The van der Waals surface area contributed by atoms with Crippen LogP contribution in [0.1, 0.15) is 83.5 Å². The number of aliphatic carboxylic acids is 1. The zero-order valence-corrected chi connectivity index (χ0v) is 22.9. The molecule has 0 saturated carbocycles. The van der Waals surface area contributed by atoms with E-state index in [1.165, 1.54) is 29.2 Å². The molecule has 4 aromatic carbocycles. The summed E-state index contributed by atoms with van der Waals surface area (Å²) in [5.74, 6) is -1.95. The number of carboxylic acid groups (broad SMARTS) is 1. The van der Waals surface area contributed by atoms with Gasteiger partial charge in [0.2, 0.25) is 0 Å². The van der Waals surface area contributed by atoms with E-state index in [0.29, 0.717) is 0 Å². The summed E-state index contributed by atoms with van der Waals surface area (Å²) in [5.41, 5.74) is 7.90. The monoisotopic (exact) mass is 527 g/mol. The fraction of sp³-hybridized carbons (Fsp3) is 0.278. The van der Waals surface area contributed by atoms with Gasteiger partial charge in [-0.05, 0) is 63.8 Å². The van der Waals surface area contributed by atoms with Crippen LogP contribution in [-0.2, 0) is 25.2 Å². The van der Waals surface area contributed by atoms with Crippen LogP contribution in [0.2, 0.25) is 0 Å². The maximum atomic E-state index is 12.6. The number of esters is 1. The number of hydrogen-bond acceptors (Lipinski definition) is 4. The first-order chi connectivity index (χ1) is 19.3. The van der Waals surface area contributed by atoms with E-state index in [-0.39, 0.29) is 30.1 Å². The Bertz CT molecular complexity index is 1460. The van der Waals surface area contributed by atoms with Gasteiger partial charge in [0.25, 0.3) is 0 Å². The van der Waals surface area contributed by atoms with E-state index >= 15 is 0 Å². The van der Waals surface area contributed by atoms with Crippen molar-refractivity contribution in [3.8, 4) is 0 Å². The van der Waals surface area contributed by atoms with Crippen LogP contribution < -0.4 is 5.11 Å². The number of rotatable bonds is 5. The van der Waals surface area contributed by atoms with Crippen LogP contribution in [0.25, 0.3) is 0 Å². The normalized spacial score (nSPS) is 26.3. The zero-order valence-electron chi connectivity index (χ0n) is 22.9. The van der Waals surface area contributed by atoms with Gasteiger partial charge in [0.15, 0.2) is 0 Å². The summed E-state index contributed by atoms with van der Waals surface area (Å²) < 4.78 is 6.20. The molecular formula is C36H31O4-. The van der Waals surface area contributed by atoms with Crippen LogP contribution in [0, 0.1) is 5.92 Å². The van der Waals surface area contributed by atoms with Crippen LogP contribution in [-0.4, -0.2) is 18.0 Å². The van der Waals surface area contributed by atoms with Gasteiger partial charge >= 0.3 is 5.97 Å². The first-order valence-corrected chi connectivity index (χ1v) is 14.1. The number of benzene rings is 4. The second kappa shape index (κ2) is 8.66. The Kier molecular flexibility index (Phi) is 5.38. The minimum Gasteiger partial charge on any atom is -0.550 e. The van der Waals surface area contributed by atoms with E-state index < -0.39 is 22.9 Å². The molecule has 4 heteroatoms. The molecular weight excluding hydrogens is 496 g/mol. The Morgan fingerprint density at radius 1 is 0.675 bits per heavy atom. The molecule has 4 nitrogen and oxygen atoms in total. The van der Waals surface area contributed by atoms with Gasteiger partial charge in [-0.1, -0.05) is 104 Å². The largest absolute Gasteiger partial charge is 0.550 e. The lowest BCUT2D eigenvalue weighted by Crippen LogP contribution is -2.59. The molecule has 0 heterocycles. The molecule has 2 unspecified atom stereocenters. The predicted molar refractivity (Wildman–Crippen MR) is 151 cm³/mol. The number of hydrogen-bond donors (Lipinski definition) is 0. The van der Waals surface area contributed by atoms with Crippen LogP contribution >= 0.6 is 0 Å². The lowest BCUT2D eigenvalue weighted by molar-refractivity contribution is -0.307. The van der Waals surface area contributed by atoms with Gasteiger partial charge in [-0.15, -0.1) is 0 Å². The second-order valence-electron chi connectivity index (χ2n) is 11.7. The van der Waals surface area contributed by atoms with Crippen molar-refractivity contribution in [1.29, 1.82) is 0 Å². The lowest BCUT2D eigenvalue weighted by atomic mass is 9.40. The third-order valence-electron chi connectivity index (χ3n) is 10.0. The quantitative estimate of drug-likeness (QED) is 0.317. The first-order valence-electron chi connectivity index (χ1n) is 14.1. The number of carbonyl (C=O) groups is 2. The van der Waals surface area contributed by atoms with E-state index in [9.17, 15) is 14.7 Å². The topological polar surface area (TPSA) is 66.4 Å². The van der Waals surface area contributed by atoms with Gasteiger partial charge in [0.05, 0.1) is 5.41 Å². The lowest BCUT2D eigenvalue weighted by Gasteiger charge is -2.63. The van der Waals surface area contributed by atoms with Crippen LogP contribution in [0.5, 0.6) is 0 Å². The van der Waals surface area contributed by atoms with E-state index in [1.807, 2.05) is 6.92 Å². The zero-order chi connectivity index (χ0) is 27.8. The molecule has 6 aliphatic carbocycles. The molecule has 10 rings (SSSR count). The van der Waals surface area contributed by atoms with E-state index in [4.69, 9.17) is 4.74 Å². The van der Waals surface area contributed by atoms with Crippen molar-refractivity contribution in [2.45, 2.75) is 56.0 Å². The molecule has 2 atom stereocenters. The third kappa shape index (κ3) is 2.91. The summed E-state index contributed by atoms with van der Waals surface area (Å²) in [6.45, 7) is 5.58. The minimum absolute atomic E-state index is 0.0663. The van der Waals surface area contributed by atoms with Crippen LogP contribution in [0.4, 0.5) is 0 Å². The van der Waals surface area contributed by atoms with Gasteiger partial charge < -0.3 is 14.6 Å². The number of carboxylic acids is 1. The van der Waals surface area contributed by atoms with Crippen molar-refractivity contribution >= 4 is 11.9 Å². The third-order valence-corrected chi connectivity index (χ3v) is 10.0. The molecule has 200 valence electrons. The van der Waals surface area contributed by atoms with Crippen molar-refractivity contribution in [1.82, 2.24) is 0 Å².